The van der Waals surface area contributed by atoms with Crippen molar-refractivity contribution in [3.63, 3.8) is 0 Å². The normalized spacial score (nSPS) is 12.4. The van der Waals surface area contributed by atoms with Crippen molar-refractivity contribution >= 4 is 26.7 Å². The predicted molar refractivity (Wildman–Crippen MR) is 71.7 cm³/mol. The maximum Gasteiger partial charge on any atom is 0.132 e. The Labute approximate surface area is 111 Å². The summed E-state index contributed by atoms with van der Waals surface area (Å²) in [6.45, 7) is 1.98. The minimum Gasteiger partial charge on any atom is -0.507 e. The van der Waals surface area contributed by atoms with Gasteiger partial charge in [-0.3, -0.25) is 0 Å². The molecule has 0 aliphatic heterocycles. The Kier molecular flexibility index (Phi) is 3.64. The van der Waals surface area contributed by atoms with Gasteiger partial charge in [0.1, 0.15) is 5.75 Å². The van der Waals surface area contributed by atoms with E-state index in [0.29, 0.717) is 9.79 Å². The van der Waals surface area contributed by atoms with Gasteiger partial charge in [0.05, 0.1) is 15.7 Å². The van der Waals surface area contributed by atoms with Crippen LogP contribution in [0.25, 0.3) is 0 Å². The fourth-order valence-corrected chi connectivity index (χ4v) is 3.07. The van der Waals surface area contributed by atoms with Gasteiger partial charge in [-0.1, -0.05) is 33.6 Å². The second-order valence-corrected chi connectivity index (χ2v) is 6.06. The first-order chi connectivity index (χ1) is 8.08. The van der Waals surface area contributed by atoms with Crippen LogP contribution < -0.4 is 0 Å². The molecule has 0 heterocycles. The lowest BCUT2D eigenvalue weighted by atomic mass is 10.2. The maximum absolute atomic E-state index is 12.3. The second-order valence-electron chi connectivity index (χ2n) is 3.69. The minimum absolute atomic E-state index is 0.0482. The van der Waals surface area contributed by atoms with Crippen LogP contribution in [0.5, 0.6) is 5.75 Å². The van der Waals surface area contributed by atoms with Crippen molar-refractivity contribution < 1.29 is 9.32 Å². The molecule has 1 unspecified atom stereocenters. The van der Waals surface area contributed by atoms with Crippen LogP contribution >= 0.6 is 15.9 Å². The van der Waals surface area contributed by atoms with E-state index in [1.165, 1.54) is 6.07 Å². The molecule has 0 fully saturated rings. The molecular weight excluding hydrogens is 300 g/mol. The summed E-state index contributed by atoms with van der Waals surface area (Å²) in [5, 5.41) is 9.71. The fourth-order valence-electron chi connectivity index (χ4n) is 1.43. The van der Waals surface area contributed by atoms with E-state index in [4.69, 9.17) is 0 Å². The van der Waals surface area contributed by atoms with Crippen molar-refractivity contribution in [1.82, 2.24) is 0 Å². The van der Waals surface area contributed by atoms with Crippen LogP contribution in [0.3, 0.4) is 0 Å². The van der Waals surface area contributed by atoms with Crippen molar-refractivity contribution in [2.24, 2.45) is 0 Å². The number of aromatic hydroxyl groups is 1. The number of benzene rings is 2. The largest absolute Gasteiger partial charge is 0.507 e. The smallest absolute Gasteiger partial charge is 0.132 e. The molecule has 0 bridgehead atoms. The van der Waals surface area contributed by atoms with E-state index in [2.05, 4.69) is 15.9 Å². The first kappa shape index (κ1) is 12.3. The van der Waals surface area contributed by atoms with Gasteiger partial charge in [0.2, 0.25) is 0 Å². The highest BCUT2D eigenvalue weighted by molar-refractivity contribution is 9.10. The van der Waals surface area contributed by atoms with Crippen molar-refractivity contribution in [1.29, 1.82) is 0 Å². The van der Waals surface area contributed by atoms with E-state index < -0.39 is 10.8 Å². The molecule has 0 amide bonds. The molecule has 0 radical (unpaired) electrons. The zero-order chi connectivity index (χ0) is 12.4. The molecule has 0 spiro atoms. The Balaban J connectivity index is 2.43. The number of halogens is 1. The van der Waals surface area contributed by atoms with E-state index in [0.717, 1.165) is 10.0 Å². The lowest BCUT2D eigenvalue weighted by molar-refractivity contribution is 0.461. The summed E-state index contributed by atoms with van der Waals surface area (Å²) in [6, 6.07) is 12.4. The SMILES string of the molecule is Cc1ccc(S(=O)c2cc(Br)ccc2O)cc1. The van der Waals surface area contributed by atoms with Crippen LogP contribution in [-0.4, -0.2) is 9.32 Å². The number of rotatable bonds is 2. The van der Waals surface area contributed by atoms with E-state index in [1.807, 2.05) is 31.2 Å². The van der Waals surface area contributed by atoms with Crippen LogP contribution in [0.1, 0.15) is 5.56 Å². The average molecular weight is 311 g/mol. The molecular formula is C13H11BrO2S. The van der Waals surface area contributed by atoms with Crippen molar-refractivity contribution in [3.8, 4) is 5.75 Å². The Morgan fingerprint density at radius 3 is 2.41 bits per heavy atom. The van der Waals surface area contributed by atoms with E-state index in [9.17, 15) is 9.32 Å². The fraction of sp³-hybridized carbons (Fsp3) is 0.0769. The summed E-state index contributed by atoms with van der Waals surface area (Å²) in [5.41, 5.74) is 1.12. The quantitative estimate of drug-likeness (QED) is 0.919. The highest BCUT2D eigenvalue weighted by atomic mass is 79.9. The molecule has 4 heteroatoms. The molecule has 0 saturated carbocycles. The number of aryl methyl sites for hydroxylation is 1. The van der Waals surface area contributed by atoms with Crippen LogP contribution in [0.4, 0.5) is 0 Å². The molecule has 1 N–H and O–H groups in total. The summed E-state index contributed by atoms with van der Waals surface area (Å²) in [6.07, 6.45) is 0. The third-order valence-corrected chi connectivity index (χ3v) is 4.28. The number of hydrogen-bond donors (Lipinski definition) is 1. The zero-order valence-electron chi connectivity index (χ0n) is 9.18. The van der Waals surface area contributed by atoms with Gasteiger partial charge in [0.25, 0.3) is 0 Å². The van der Waals surface area contributed by atoms with Gasteiger partial charge >= 0.3 is 0 Å². The van der Waals surface area contributed by atoms with Crippen LogP contribution in [-0.2, 0) is 10.8 Å². The third-order valence-electron chi connectivity index (χ3n) is 2.36. The Bertz CT molecular complexity index is 564. The van der Waals surface area contributed by atoms with Crippen molar-refractivity contribution in [3.05, 3.63) is 52.5 Å². The molecule has 2 aromatic rings. The molecule has 2 nitrogen and oxygen atoms in total. The van der Waals surface area contributed by atoms with Crippen molar-refractivity contribution in [2.75, 3.05) is 0 Å². The second kappa shape index (κ2) is 5.02. The van der Waals surface area contributed by atoms with E-state index in [1.54, 1.807) is 12.1 Å². The summed E-state index contributed by atoms with van der Waals surface area (Å²) < 4.78 is 13.1. The number of hydrogen-bond acceptors (Lipinski definition) is 2. The van der Waals surface area contributed by atoms with Gasteiger partial charge in [-0.15, -0.1) is 0 Å². The van der Waals surface area contributed by atoms with Gasteiger partial charge in [-0.2, -0.15) is 0 Å². The van der Waals surface area contributed by atoms with E-state index >= 15 is 0 Å². The average Bonchev–Trinajstić information content (AvgIpc) is 2.32. The van der Waals surface area contributed by atoms with Crippen molar-refractivity contribution in [2.45, 2.75) is 16.7 Å². The molecule has 0 saturated heterocycles. The summed E-state index contributed by atoms with van der Waals surface area (Å²) in [4.78, 5) is 1.10. The Hall–Kier alpha value is -1.13. The molecule has 2 aromatic carbocycles. The lowest BCUT2D eigenvalue weighted by Gasteiger charge is -2.05. The Morgan fingerprint density at radius 2 is 1.76 bits per heavy atom. The molecule has 1 atom stereocenters. The van der Waals surface area contributed by atoms with Gasteiger partial charge < -0.3 is 5.11 Å². The number of phenolic OH excluding ortho intramolecular Hbond substituents is 1. The summed E-state index contributed by atoms with van der Waals surface area (Å²) in [7, 11) is -1.36. The molecule has 17 heavy (non-hydrogen) atoms. The van der Waals surface area contributed by atoms with Crippen LogP contribution in [0, 0.1) is 6.92 Å². The number of phenols is 1. The highest BCUT2D eigenvalue weighted by Gasteiger charge is 2.12. The highest BCUT2D eigenvalue weighted by Crippen LogP contribution is 2.28. The standard InChI is InChI=1S/C13H11BrO2S/c1-9-2-5-11(6-3-9)17(16)13-8-10(14)4-7-12(13)15/h2-8,15H,1H3. The first-order valence-corrected chi connectivity index (χ1v) is 6.99. The molecule has 0 aliphatic rings. The molecule has 0 aromatic heterocycles. The predicted octanol–water partition coefficient (Wildman–Crippen LogP) is 3.63. The monoisotopic (exact) mass is 310 g/mol. The molecule has 88 valence electrons. The van der Waals surface area contributed by atoms with Gasteiger partial charge in [0, 0.05) is 9.37 Å². The first-order valence-electron chi connectivity index (χ1n) is 5.05. The minimum atomic E-state index is -1.36. The topological polar surface area (TPSA) is 37.3 Å². The molecule has 0 aliphatic carbocycles. The van der Waals surface area contributed by atoms with Crippen LogP contribution in [0.15, 0.2) is 56.7 Å². The summed E-state index contributed by atoms with van der Waals surface area (Å²) in [5.74, 6) is 0.0482. The third kappa shape index (κ3) is 2.76. The van der Waals surface area contributed by atoms with E-state index in [-0.39, 0.29) is 5.75 Å². The zero-order valence-corrected chi connectivity index (χ0v) is 11.6. The summed E-state index contributed by atoms with van der Waals surface area (Å²) >= 11 is 3.30. The van der Waals surface area contributed by atoms with Crippen LogP contribution in [0.2, 0.25) is 0 Å². The van der Waals surface area contributed by atoms with Gasteiger partial charge in [-0.05, 0) is 37.3 Å². The van der Waals surface area contributed by atoms with Gasteiger partial charge in [-0.25, -0.2) is 4.21 Å². The lowest BCUT2D eigenvalue weighted by Crippen LogP contribution is -1.93. The van der Waals surface area contributed by atoms with Gasteiger partial charge in [0.15, 0.2) is 0 Å². The molecule has 2 rings (SSSR count). The maximum atomic E-state index is 12.3. The Morgan fingerprint density at radius 1 is 1.12 bits per heavy atom.